The van der Waals surface area contributed by atoms with Crippen molar-refractivity contribution in [3.8, 4) is 5.75 Å². The Hall–Kier alpha value is -3.35. The minimum atomic E-state index is -0.496. The number of halogens is 2. The first-order chi connectivity index (χ1) is 17.2. The van der Waals surface area contributed by atoms with E-state index in [9.17, 15) is 14.4 Å². The van der Waals surface area contributed by atoms with Crippen molar-refractivity contribution in [2.45, 2.75) is 38.8 Å². The fourth-order valence-corrected chi connectivity index (χ4v) is 4.75. The Bertz CT molecular complexity index is 1240. The van der Waals surface area contributed by atoms with Crippen LogP contribution in [0.4, 0.5) is 5.69 Å². The highest BCUT2D eigenvalue weighted by Gasteiger charge is 2.48. The molecule has 3 atom stereocenters. The van der Waals surface area contributed by atoms with Crippen molar-refractivity contribution in [3.05, 3.63) is 94.0 Å². The van der Waals surface area contributed by atoms with Gasteiger partial charge in [-0.25, -0.2) is 0 Å². The van der Waals surface area contributed by atoms with Crippen LogP contribution in [0.3, 0.4) is 0 Å². The Morgan fingerprint density at radius 1 is 0.861 bits per heavy atom. The molecular formula is C28H25Cl2NO5. The number of ether oxygens (including phenoxy) is 2. The third-order valence-corrected chi connectivity index (χ3v) is 6.60. The number of rotatable bonds is 8. The summed E-state index contributed by atoms with van der Waals surface area (Å²) in [6, 6.07) is 21.2. The van der Waals surface area contributed by atoms with E-state index in [1.807, 2.05) is 36.4 Å². The van der Waals surface area contributed by atoms with E-state index in [0.717, 1.165) is 16.8 Å². The Morgan fingerprint density at radius 2 is 1.44 bits per heavy atom. The first-order valence-electron chi connectivity index (χ1n) is 11.5. The van der Waals surface area contributed by atoms with E-state index in [1.165, 1.54) is 13.8 Å². The average molecular weight is 526 g/mol. The van der Waals surface area contributed by atoms with E-state index in [-0.39, 0.29) is 17.9 Å². The highest BCUT2D eigenvalue weighted by atomic mass is 35.5. The molecule has 3 aromatic rings. The number of anilines is 1. The van der Waals surface area contributed by atoms with E-state index in [0.29, 0.717) is 28.6 Å². The van der Waals surface area contributed by atoms with Crippen molar-refractivity contribution in [2.75, 3.05) is 4.90 Å². The van der Waals surface area contributed by atoms with Gasteiger partial charge in [0.1, 0.15) is 11.9 Å². The largest absolute Gasteiger partial charge is 0.458 e. The minimum Gasteiger partial charge on any atom is -0.458 e. The van der Waals surface area contributed by atoms with Crippen molar-refractivity contribution in [2.24, 2.45) is 5.92 Å². The number of hydrogen-bond donors (Lipinski definition) is 0. The van der Waals surface area contributed by atoms with Gasteiger partial charge in [-0.15, -0.1) is 0 Å². The summed E-state index contributed by atoms with van der Waals surface area (Å²) in [5.41, 5.74) is 2.46. The van der Waals surface area contributed by atoms with Crippen LogP contribution in [0.15, 0.2) is 72.8 Å². The molecule has 186 valence electrons. The predicted octanol–water partition coefficient (Wildman–Crippen LogP) is 6.71. The van der Waals surface area contributed by atoms with Crippen LogP contribution in [0, 0.1) is 5.92 Å². The summed E-state index contributed by atoms with van der Waals surface area (Å²) in [5.74, 6) is -0.713. The standard InChI is InChI=1S/C28H25Cl2NO5/c1-17(32)35-24-13-5-20(6-14-24)27-25(28(34)31(27)23-11-9-22(30)10-12-23)15-16-26(36-18(2)33)19-3-7-21(29)8-4-19/h3-14,25-27H,15-16H2,1-2H3/t25?,26-,27?/m1/s1. The number of nitrogens with zero attached hydrogens (tertiary/aromatic N) is 1. The lowest BCUT2D eigenvalue weighted by molar-refractivity contribution is -0.147. The molecule has 0 saturated carbocycles. The average Bonchev–Trinajstić information content (AvgIpc) is 2.83. The normalized spacial score (nSPS) is 17.8. The SMILES string of the molecule is CC(=O)Oc1ccc(C2C(CC[C@@H](OC(C)=O)c3ccc(Cl)cc3)C(=O)N2c2ccc(Cl)cc2)cc1. The van der Waals surface area contributed by atoms with Gasteiger partial charge in [-0.05, 0) is 72.5 Å². The Labute approximate surface area is 219 Å². The first-order valence-corrected chi connectivity index (χ1v) is 12.3. The number of amides is 1. The number of carbonyl (C=O) groups is 3. The van der Waals surface area contributed by atoms with Gasteiger partial charge in [0.05, 0.1) is 12.0 Å². The van der Waals surface area contributed by atoms with E-state index >= 15 is 0 Å². The zero-order valence-corrected chi connectivity index (χ0v) is 21.3. The highest BCUT2D eigenvalue weighted by molar-refractivity contribution is 6.30. The smallest absolute Gasteiger partial charge is 0.308 e. The van der Waals surface area contributed by atoms with E-state index < -0.39 is 18.0 Å². The molecule has 1 saturated heterocycles. The van der Waals surface area contributed by atoms with Gasteiger partial charge in [0.15, 0.2) is 0 Å². The molecule has 1 amide bonds. The molecule has 1 fully saturated rings. The molecule has 0 radical (unpaired) electrons. The van der Waals surface area contributed by atoms with Crippen LogP contribution < -0.4 is 9.64 Å². The van der Waals surface area contributed by atoms with Crippen molar-refractivity contribution < 1.29 is 23.9 Å². The van der Waals surface area contributed by atoms with Crippen LogP contribution in [0.1, 0.15) is 50.0 Å². The molecular weight excluding hydrogens is 501 g/mol. The molecule has 1 aliphatic rings. The van der Waals surface area contributed by atoms with Gasteiger partial charge in [0, 0.05) is 29.6 Å². The fourth-order valence-electron chi connectivity index (χ4n) is 4.50. The molecule has 1 aliphatic heterocycles. The van der Waals surface area contributed by atoms with E-state index in [2.05, 4.69) is 0 Å². The molecule has 0 aliphatic carbocycles. The maximum Gasteiger partial charge on any atom is 0.308 e. The third-order valence-electron chi connectivity index (χ3n) is 6.09. The fraction of sp³-hybridized carbons (Fsp3) is 0.250. The van der Waals surface area contributed by atoms with Crippen LogP contribution in [0.5, 0.6) is 5.75 Å². The summed E-state index contributed by atoms with van der Waals surface area (Å²) in [4.78, 5) is 38.2. The quantitative estimate of drug-likeness (QED) is 0.185. The van der Waals surface area contributed by atoms with Crippen molar-refractivity contribution in [1.29, 1.82) is 0 Å². The number of benzene rings is 3. The molecule has 2 unspecified atom stereocenters. The molecule has 0 bridgehead atoms. The number of carbonyl (C=O) groups excluding carboxylic acids is 3. The summed E-state index contributed by atoms with van der Waals surface area (Å²) >= 11 is 12.1. The summed E-state index contributed by atoms with van der Waals surface area (Å²) in [7, 11) is 0. The second-order valence-corrected chi connectivity index (χ2v) is 9.50. The molecule has 0 aromatic heterocycles. The van der Waals surface area contributed by atoms with Crippen molar-refractivity contribution in [3.63, 3.8) is 0 Å². The lowest BCUT2D eigenvalue weighted by Crippen LogP contribution is -2.55. The van der Waals surface area contributed by atoms with Crippen LogP contribution in [0.25, 0.3) is 0 Å². The van der Waals surface area contributed by atoms with Crippen LogP contribution in [-0.4, -0.2) is 17.8 Å². The summed E-state index contributed by atoms with van der Waals surface area (Å²) in [5, 5.41) is 1.17. The van der Waals surface area contributed by atoms with Crippen LogP contribution >= 0.6 is 23.2 Å². The lowest BCUT2D eigenvalue weighted by atomic mass is 9.78. The zero-order valence-electron chi connectivity index (χ0n) is 19.8. The summed E-state index contributed by atoms with van der Waals surface area (Å²) in [6.07, 6.45) is 0.470. The summed E-state index contributed by atoms with van der Waals surface area (Å²) < 4.78 is 10.7. The van der Waals surface area contributed by atoms with Crippen LogP contribution in [0.2, 0.25) is 10.0 Å². The third kappa shape index (κ3) is 5.89. The molecule has 0 N–H and O–H groups in total. The lowest BCUT2D eigenvalue weighted by Gasteiger charge is -2.48. The van der Waals surface area contributed by atoms with Gasteiger partial charge in [0.2, 0.25) is 5.91 Å². The number of β-lactam (4-membered cyclic amide) rings is 1. The van der Waals surface area contributed by atoms with Gasteiger partial charge in [-0.1, -0.05) is 47.5 Å². The minimum absolute atomic E-state index is 0.0240. The molecule has 0 spiro atoms. The van der Waals surface area contributed by atoms with Crippen molar-refractivity contribution >= 4 is 46.7 Å². The molecule has 6 nitrogen and oxygen atoms in total. The van der Waals surface area contributed by atoms with Gasteiger partial charge in [-0.3, -0.25) is 14.4 Å². The Kier molecular flexibility index (Phi) is 7.97. The van der Waals surface area contributed by atoms with E-state index in [1.54, 1.807) is 41.3 Å². The second kappa shape index (κ2) is 11.1. The van der Waals surface area contributed by atoms with Gasteiger partial charge in [0.25, 0.3) is 0 Å². The van der Waals surface area contributed by atoms with E-state index in [4.69, 9.17) is 32.7 Å². The monoisotopic (exact) mass is 525 g/mol. The number of esters is 2. The maximum atomic E-state index is 13.4. The molecule has 4 rings (SSSR count). The van der Waals surface area contributed by atoms with Crippen molar-refractivity contribution in [1.82, 2.24) is 0 Å². The van der Waals surface area contributed by atoms with Gasteiger partial charge >= 0.3 is 11.9 Å². The predicted molar refractivity (Wildman–Crippen MR) is 138 cm³/mol. The summed E-state index contributed by atoms with van der Waals surface area (Å²) in [6.45, 7) is 2.71. The van der Waals surface area contributed by atoms with Crippen LogP contribution in [-0.2, 0) is 19.1 Å². The molecule has 1 heterocycles. The highest BCUT2D eigenvalue weighted by Crippen LogP contribution is 2.47. The topological polar surface area (TPSA) is 72.9 Å². The maximum absolute atomic E-state index is 13.4. The Morgan fingerprint density at radius 3 is 2.00 bits per heavy atom. The Balaban J connectivity index is 1.59. The second-order valence-electron chi connectivity index (χ2n) is 8.63. The molecule has 36 heavy (non-hydrogen) atoms. The van der Waals surface area contributed by atoms with Gasteiger partial charge in [-0.2, -0.15) is 0 Å². The molecule has 8 heteroatoms. The molecule has 3 aromatic carbocycles. The van der Waals surface area contributed by atoms with Gasteiger partial charge < -0.3 is 14.4 Å². The first kappa shape index (κ1) is 25.7. The number of hydrogen-bond acceptors (Lipinski definition) is 5. The zero-order chi connectivity index (χ0) is 25.8.